The van der Waals surface area contributed by atoms with Gasteiger partial charge in [0, 0.05) is 29.5 Å². The third-order valence-corrected chi connectivity index (χ3v) is 2.92. The molecule has 0 aliphatic heterocycles. The van der Waals surface area contributed by atoms with Gasteiger partial charge in [-0.05, 0) is 35.9 Å². The predicted octanol–water partition coefficient (Wildman–Crippen LogP) is 3.51. The van der Waals surface area contributed by atoms with Crippen molar-refractivity contribution in [1.29, 1.82) is 0 Å². The Balaban J connectivity index is 2.26. The van der Waals surface area contributed by atoms with Crippen molar-refractivity contribution in [2.45, 2.75) is 13.5 Å². The Hall–Kier alpha value is -1.38. The second kappa shape index (κ2) is 5.80. The van der Waals surface area contributed by atoms with E-state index in [9.17, 15) is 0 Å². The average molecular weight is 247 g/mol. The van der Waals surface area contributed by atoms with Gasteiger partial charge in [-0.15, -0.1) is 0 Å². The average Bonchev–Trinajstić information content (AvgIpc) is 2.37. The van der Waals surface area contributed by atoms with Crippen molar-refractivity contribution in [3.8, 4) is 11.1 Å². The summed E-state index contributed by atoms with van der Waals surface area (Å²) in [4.78, 5) is 4.01. The normalized spacial score (nSPS) is 10.5. The van der Waals surface area contributed by atoms with Crippen LogP contribution in [0.4, 0.5) is 0 Å². The molecule has 0 aliphatic rings. The Labute approximate surface area is 107 Å². The second-order valence-corrected chi connectivity index (χ2v) is 4.24. The van der Waals surface area contributed by atoms with E-state index in [0.717, 1.165) is 29.2 Å². The van der Waals surface area contributed by atoms with Crippen LogP contribution in [0.25, 0.3) is 11.1 Å². The maximum absolute atomic E-state index is 6.29. The molecule has 2 nitrogen and oxygen atoms in total. The number of halogens is 1. The first-order valence-corrected chi connectivity index (χ1v) is 6.08. The quantitative estimate of drug-likeness (QED) is 0.893. The number of hydrogen-bond donors (Lipinski definition) is 1. The van der Waals surface area contributed by atoms with E-state index in [2.05, 4.69) is 29.4 Å². The van der Waals surface area contributed by atoms with E-state index in [1.165, 1.54) is 5.56 Å². The van der Waals surface area contributed by atoms with Crippen LogP contribution in [0.1, 0.15) is 12.5 Å². The zero-order valence-corrected chi connectivity index (χ0v) is 10.5. The Morgan fingerprint density at radius 2 is 1.94 bits per heavy atom. The lowest BCUT2D eigenvalue weighted by atomic mass is 10.0. The summed E-state index contributed by atoms with van der Waals surface area (Å²) in [6, 6.07) is 10.1. The molecule has 0 radical (unpaired) electrons. The summed E-state index contributed by atoms with van der Waals surface area (Å²) in [6.07, 6.45) is 3.55. The van der Waals surface area contributed by atoms with Crippen LogP contribution in [0.5, 0.6) is 0 Å². The van der Waals surface area contributed by atoms with Gasteiger partial charge in [0.15, 0.2) is 0 Å². The molecule has 2 aromatic rings. The second-order valence-electron chi connectivity index (χ2n) is 3.83. The molecule has 0 amide bonds. The van der Waals surface area contributed by atoms with Gasteiger partial charge in [0.2, 0.25) is 0 Å². The first-order valence-electron chi connectivity index (χ1n) is 5.71. The molecule has 0 bridgehead atoms. The lowest BCUT2D eigenvalue weighted by Gasteiger charge is -2.07. The first kappa shape index (κ1) is 12.1. The topological polar surface area (TPSA) is 24.9 Å². The van der Waals surface area contributed by atoms with E-state index < -0.39 is 0 Å². The van der Waals surface area contributed by atoms with Crippen molar-refractivity contribution in [3.05, 3.63) is 53.3 Å². The molecule has 0 spiro atoms. The summed E-state index contributed by atoms with van der Waals surface area (Å²) in [7, 11) is 0. The summed E-state index contributed by atoms with van der Waals surface area (Å²) in [5.41, 5.74) is 3.35. The minimum Gasteiger partial charge on any atom is -0.313 e. The fraction of sp³-hybridized carbons (Fsp3) is 0.214. The van der Waals surface area contributed by atoms with Crippen molar-refractivity contribution in [3.63, 3.8) is 0 Å². The zero-order valence-electron chi connectivity index (χ0n) is 9.78. The summed E-state index contributed by atoms with van der Waals surface area (Å²) < 4.78 is 0. The van der Waals surface area contributed by atoms with Gasteiger partial charge in [-0.3, -0.25) is 4.98 Å². The Kier molecular flexibility index (Phi) is 4.13. The van der Waals surface area contributed by atoms with Crippen LogP contribution in [-0.2, 0) is 6.54 Å². The zero-order chi connectivity index (χ0) is 12.1. The molecular formula is C14H15ClN2. The molecule has 0 fully saturated rings. The molecule has 0 saturated heterocycles. The largest absolute Gasteiger partial charge is 0.313 e. The third-order valence-electron chi connectivity index (χ3n) is 2.60. The van der Waals surface area contributed by atoms with Crippen LogP contribution in [0, 0.1) is 0 Å². The number of pyridine rings is 1. The van der Waals surface area contributed by atoms with Crippen LogP contribution in [-0.4, -0.2) is 11.5 Å². The summed E-state index contributed by atoms with van der Waals surface area (Å²) in [5.74, 6) is 0. The Morgan fingerprint density at radius 3 is 2.59 bits per heavy atom. The minimum absolute atomic E-state index is 0.784. The Morgan fingerprint density at radius 1 is 1.18 bits per heavy atom. The lowest BCUT2D eigenvalue weighted by Crippen LogP contribution is -2.11. The van der Waals surface area contributed by atoms with Crippen molar-refractivity contribution in [2.75, 3.05) is 6.54 Å². The molecule has 2 rings (SSSR count). The van der Waals surface area contributed by atoms with Gasteiger partial charge in [-0.25, -0.2) is 0 Å². The molecule has 1 N–H and O–H groups in total. The molecule has 0 aliphatic carbocycles. The van der Waals surface area contributed by atoms with Crippen molar-refractivity contribution in [1.82, 2.24) is 10.3 Å². The maximum atomic E-state index is 6.29. The van der Waals surface area contributed by atoms with E-state index in [-0.39, 0.29) is 0 Å². The number of nitrogens with one attached hydrogen (secondary N) is 1. The highest BCUT2D eigenvalue weighted by atomic mass is 35.5. The highest BCUT2D eigenvalue weighted by molar-refractivity contribution is 6.33. The van der Waals surface area contributed by atoms with Gasteiger partial charge in [0.25, 0.3) is 0 Å². The first-order chi connectivity index (χ1) is 8.31. The third kappa shape index (κ3) is 3.05. The Bertz CT molecular complexity index is 483. The molecule has 3 heteroatoms. The number of aromatic nitrogens is 1. The van der Waals surface area contributed by atoms with Gasteiger partial charge in [-0.1, -0.05) is 30.7 Å². The number of rotatable bonds is 4. The van der Waals surface area contributed by atoms with Crippen LogP contribution >= 0.6 is 11.6 Å². The summed E-state index contributed by atoms with van der Waals surface area (Å²) in [5, 5.41) is 4.07. The smallest absolute Gasteiger partial charge is 0.0487 e. The van der Waals surface area contributed by atoms with Crippen LogP contribution in [0.2, 0.25) is 5.02 Å². The van der Waals surface area contributed by atoms with Crippen LogP contribution in [0.3, 0.4) is 0 Å². The van der Waals surface area contributed by atoms with Crippen molar-refractivity contribution >= 4 is 11.6 Å². The van der Waals surface area contributed by atoms with E-state index in [1.54, 1.807) is 12.4 Å². The molecule has 17 heavy (non-hydrogen) atoms. The highest BCUT2D eigenvalue weighted by Gasteiger charge is 2.04. The fourth-order valence-electron chi connectivity index (χ4n) is 1.70. The molecule has 1 aromatic carbocycles. The predicted molar refractivity (Wildman–Crippen MR) is 72.1 cm³/mol. The van der Waals surface area contributed by atoms with Gasteiger partial charge in [0.05, 0.1) is 0 Å². The van der Waals surface area contributed by atoms with Crippen molar-refractivity contribution in [2.24, 2.45) is 0 Å². The van der Waals surface area contributed by atoms with E-state index >= 15 is 0 Å². The number of nitrogens with zero attached hydrogens (tertiary/aromatic N) is 1. The molecule has 0 saturated carbocycles. The highest BCUT2D eigenvalue weighted by Crippen LogP contribution is 2.28. The van der Waals surface area contributed by atoms with E-state index in [4.69, 9.17) is 11.6 Å². The van der Waals surface area contributed by atoms with Gasteiger partial charge in [0.1, 0.15) is 0 Å². The lowest BCUT2D eigenvalue weighted by molar-refractivity contribution is 0.727. The minimum atomic E-state index is 0.784. The van der Waals surface area contributed by atoms with E-state index in [0.29, 0.717) is 0 Å². The van der Waals surface area contributed by atoms with Crippen molar-refractivity contribution < 1.29 is 0 Å². The molecule has 0 unspecified atom stereocenters. The monoisotopic (exact) mass is 246 g/mol. The molecule has 88 valence electrons. The fourth-order valence-corrected chi connectivity index (χ4v) is 2.02. The summed E-state index contributed by atoms with van der Waals surface area (Å²) >= 11 is 6.29. The van der Waals surface area contributed by atoms with E-state index in [1.807, 2.05) is 18.2 Å². The van der Waals surface area contributed by atoms with Gasteiger partial charge >= 0.3 is 0 Å². The maximum Gasteiger partial charge on any atom is 0.0487 e. The molecule has 1 heterocycles. The molecule has 0 atom stereocenters. The SMILES string of the molecule is CCNCc1ccc(-c2ccncc2)c(Cl)c1. The van der Waals surface area contributed by atoms with Gasteiger partial charge in [-0.2, -0.15) is 0 Å². The number of hydrogen-bond acceptors (Lipinski definition) is 2. The van der Waals surface area contributed by atoms with Crippen LogP contribution < -0.4 is 5.32 Å². The molecular weight excluding hydrogens is 232 g/mol. The van der Waals surface area contributed by atoms with Gasteiger partial charge < -0.3 is 5.32 Å². The molecule has 1 aromatic heterocycles. The summed E-state index contributed by atoms with van der Waals surface area (Å²) in [6.45, 7) is 3.91. The van der Waals surface area contributed by atoms with Crippen LogP contribution in [0.15, 0.2) is 42.7 Å². The number of benzene rings is 1. The standard InChI is InChI=1S/C14H15ClN2/c1-2-16-10-11-3-4-13(14(15)9-11)12-5-7-17-8-6-12/h3-9,16H,2,10H2,1H3.